The summed E-state index contributed by atoms with van der Waals surface area (Å²) in [6.07, 6.45) is -4.68. The van der Waals surface area contributed by atoms with Crippen LogP contribution in [-0.4, -0.2) is 65.8 Å². The number of rotatable bonds is 4. The van der Waals surface area contributed by atoms with Gasteiger partial charge in [0.2, 0.25) is 0 Å². The van der Waals surface area contributed by atoms with Crippen molar-refractivity contribution in [3.63, 3.8) is 0 Å². The normalized spacial score (nSPS) is 25.1. The largest absolute Gasteiger partial charge is 0.481 e. The van der Waals surface area contributed by atoms with E-state index in [0.29, 0.717) is 19.6 Å². The lowest BCUT2D eigenvalue weighted by molar-refractivity contribution is -0.197. The van der Waals surface area contributed by atoms with Crippen LogP contribution in [0, 0.1) is 5.92 Å². The molecule has 2 unspecified atom stereocenters. The molecule has 1 N–H and O–H groups in total. The summed E-state index contributed by atoms with van der Waals surface area (Å²) in [6, 6.07) is 0.159. The minimum Gasteiger partial charge on any atom is -0.481 e. The van der Waals surface area contributed by atoms with Crippen LogP contribution >= 0.6 is 0 Å². The molecule has 2 atom stereocenters. The van der Waals surface area contributed by atoms with Gasteiger partial charge >= 0.3 is 12.1 Å². The summed E-state index contributed by atoms with van der Waals surface area (Å²) in [4.78, 5) is 14.4. The Morgan fingerprint density at radius 2 is 2.06 bits per heavy atom. The molecule has 18 heavy (non-hydrogen) atoms. The van der Waals surface area contributed by atoms with Gasteiger partial charge in [-0.2, -0.15) is 13.2 Å². The molecule has 1 rings (SSSR count). The molecule has 0 saturated carbocycles. The minimum atomic E-state index is -4.68. The van der Waals surface area contributed by atoms with Crippen molar-refractivity contribution in [2.75, 3.05) is 32.7 Å². The number of carboxylic acids is 1. The molecule has 7 heteroatoms. The summed E-state index contributed by atoms with van der Waals surface area (Å²) in [5.41, 5.74) is 0. The van der Waals surface area contributed by atoms with Crippen LogP contribution in [-0.2, 0) is 4.79 Å². The minimum absolute atomic E-state index is 0.159. The van der Waals surface area contributed by atoms with Crippen molar-refractivity contribution in [1.82, 2.24) is 9.80 Å². The van der Waals surface area contributed by atoms with Crippen LogP contribution in [0.3, 0.4) is 0 Å². The van der Waals surface area contributed by atoms with Gasteiger partial charge in [-0.15, -0.1) is 0 Å². The molecule has 0 bridgehead atoms. The van der Waals surface area contributed by atoms with E-state index < -0.39 is 24.6 Å². The molecule has 0 amide bonds. The molecule has 1 aliphatic heterocycles. The molecular formula is C11H19F3N2O2. The first-order valence-corrected chi connectivity index (χ1v) is 6.01. The average Bonchev–Trinajstić information content (AvgIpc) is 2.24. The molecule has 0 radical (unpaired) electrons. The Kier molecular flexibility index (Phi) is 4.98. The van der Waals surface area contributed by atoms with E-state index in [0.717, 1.165) is 6.54 Å². The van der Waals surface area contributed by atoms with Gasteiger partial charge < -0.3 is 5.11 Å². The predicted molar refractivity (Wildman–Crippen MR) is 60.3 cm³/mol. The summed E-state index contributed by atoms with van der Waals surface area (Å²) < 4.78 is 37.6. The van der Waals surface area contributed by atoms with Gasteiger partial charge in [-0.25, -0.2) is 0 Å². The van der Waals surface area contributed by atoms with Gasteiger partial charge in [-0.1, -0.05) is 6.92 Å². The lowest BCUT2D eigenvalue weighted by Crippen LogP contribution is -2.54. The molecule has 0 aromatic rings. The van der Waals surface area contributed by atoms with E-state index in [1.165, 1.54) is 0 Å². The smallest absolute Gasteiger partial charge is 0.403 e. The highest BCUT2D eigenvalue weighted by Crippen LogP contribution is 2.27. The number of nitrogens with zero attached hydrogens (tertiary/aromatic N) is 2. The molecule has 106 valence electrons. The van der Waals surface area contributed by atoms with Crippen molar-refractivity contribution in [3.05, 3.63) is 0 Å². The van der Waals surface area contributed by atoms with Crippen LogP contribution in [0.1, 0.15) is 13.8 Å². The van der Waals surface area contributed by atoms with Crippen molar-refractivity contribution < 1.29 is 23.1 Å². The maximum atomic E-state index is 12.5. The highest BCUT2D eigenvalue weighted by atomic mass is 19.4. The van der Waals surface area contributed by atoms with E-state index in [1.807, 2.05) is 13.8 Å². The maximum Gasteiger partial charge on any atom is 0.403 e. The Bertz CT molecular complexity index is 297. The molecule has 0 spiro atoms. The number of carboxylic acid groups (broad SMARTS) is 1. The molecule has 1 heterocycles. The number of hydrogen-bond acceptors (Lipinski definition) is 3. The number of likely N-dealkylation sites (N-methyl/N-ethyl adjacent to an activating group) is 1. The van der Waals surface area contributed by atoms with E-state index in [4.69, 9.17) is 5.11 Å². The van der Waals surface area contributed by atoms with Gasteiger partial charge in [-0.05, 0) is 13.5 Å². The van der Waals surface area contributed by atoms with Gasteiger partial charge in [0.05, 0.1) is 0 Å². The van der Waals surface area contributed by atoms with Crippen LogP contribution in [0.25, 0.3) is 0 Å². The summed E-state index contributed by atoms with van der Waals surface area (Å²) in [5.74, 6) is -4.09. The highest BCUT2D eigenvalue weighted by Gasteiger charge is 2.46. The molecule has 1 saturated heterocycles. The van der Waals surface area contributed by atoms with Gasteiger partial charge in [-0.3, -0.25) is 14.6 Å². The van der Waals surface area contributed by atoms with Gasteiger partial charge in [0, 0.05) is 32.2 Å². The fraction of sp³-hybridized carbons (Fsp3) is 0.909. The van der Waals surface area contributed by atoms with Crippen molar-refractivity contribution >= 4 is 5.97 Å². The van der Waals surface area contributed by atoms with E-state index in [1.54, 1.807) is 4.90 Å². The SMILES string of the molecule is CCN1CCN(CC(C(=O)O)C(F)(F)F)CC1C. The third-order valence-corrected chi connectivity index (χ3v) is 3.39. The zero-order chi connectivity index (χ0) is 13.9. The lowest BCUT2D eigenvalue weighted by Gasteiger charge is -2.40. The second-order valence-electron chi connectivity index (χ2n) is 4.67. The van der Waals surface area contributed by atoms with Crippen LogP contribution in [0.4, 0.5) is 13.2 Å². The number of hydrogen-bond donors (Lipinski definition) is 1. The molecular weight excluding hydrogens is 249 g/mol. The van der Waals surface area contributed by atoms with Crippen LogP contribution in [0.15, 0.2) is 0 Å². The molecule has 1 aliphatic rings. The number of halogens is 3. The first-order chi connectivity index (χ1) is 8.25. The van der Waals surface area contributed by atoms with Crippen LogP contribution in [0.5, 0.6) is 0 Å². The third-order valence-electron chi connectivity index (χ3n) is 3.39. The first kappa shape index (κ1) is 15.2. The monoisotopic (exact) mass is 268 g/mol. The Labute approximate surface area is 104 Å². The van der Waals surface area contributed by atoms with Gasteiger partial charge in [0.1, 0.15) is 0 Å². The summed E-state index contributed by atoms with van der Waals surface area (Å²) in [5, 5.41) is 8.65. The van der Waals surface area contributed by atoms with Crippen molar-refractivity contribution in [2.45, 2.75) is 26.1 Å². The Balaban J connectivity index is 2.59. The Morgan fingerprint density at radius 1 is 1.44 bits per heavy atom. The molecule has 0 aromatic carbocycles. The number of alkyl halides is 3. The standard InChI is InChI=1S/C11H19F3N2O2/c1-3-16-5-4-15(6-8(16)2)7-9(10(17)18)11(12,13)14/h8-9H,3-7H2,1-2H3,(H,17,18). The lowest BCUT2D eigenvalue weighted by atomic mass is 10.1. The zero-order valence-electron chi connectivity index (χ0n) is 10.6. The predicted octanol–water partition coefficient (Wildman–Crippen LogP) is 1.28. The fourth-order valence-corrected chi connectivity index (χ4v) is 2.29. The molecule has 4 nitrogen and oxygen atoms in total. The van der Waals surface area contributed by atoms with E-state index in [2.05, 4.69) is 4.90 Å². The van der Waals surface area contributed by atoms with E-state index >= 15 is 0 Å². The topological polar surface area (TPSA) is 43.8 Å². The number of aliphatic carboxylic acids is 1. The maximum absolute atomic E-state index is 12.5. The first-order valence-electron chi connectivity index (χ1n) is 6.01. The van der Waals surface area contributed by atoms with Crippen LogP contribution < -0.4 is 0 Å². The highest BCUT2D eigenvalue weighted by molar-refractivity contribution is 5.71. The van der Waals surface area contributed by atoms with E-state index in [-0.39, 0.29) is 6.04 Å². The quantitative estimate of drug-likeness (QED) is 0.834. The number of carbonyl (C=O) groups is 1. The fourth-order valence-electron chi connectivity index (χ4n) is 2.29. The van der Waals surface area contributed by atoms with Crippen molar-refractivity contribution in [2.24, 2.45) is 5.92 Å². The van der Waals surface area contributed by atoms with Gasteiger partial charge in [0.25, 0.3) is 0 Å². The van der Waals surface area contributed by atoms with Crippen molar-refractivity contribution in [1.29, 1.82) is 0 Å². The summed E-state index contributed by atoms with van der Waals surface area (Å²) in [6.45, 7) is 5.99. The third kappa shape index (κ3) is 3.84. The molecule has 0 aromatic heterocycles. The van der Waals surface area contributed by atoms with Crippen LogP contribution in [0.2, 0.25) is 0 Å². The van der Waals surface area contributed by atoms with E-state index in [9.17, 15) is 18.0 Å². The molecule has 0 aliphatic carbocycles. The Hall–Kier alpha value is -0.820. The van der Waals surface area contributed by atoms with Crippen molar-refractivity contribution in [3.8, 4) is 0 Å². The summed E-state index contributed by atoms with van der Waals surface area (Å²) >= 11 is 0. The second-order valence-corrected chi connectivity index (χ2v) is 4.67. The molecule has 1 fully saturated rings. The average molecular weight is 268 g/mol. The summed E-state index contributed by atoms with van der Waals surface area (Å²) in [7, 11) is 0. The Morgan fingerprint density at radius 3 is 2.44 bits per heavy atom. The van der Waals surface area contributed by atoms with Gasteiger partial charge in [0.15, 0.2) is 5.92 Å². The zero-order valence-corrected chi connectivity index (χ0v) is 10.6. The second kappa shape index (κ2) is 5.88. The number of piperazine rings is 1.